The van der Waals surface area contributed by atoms with Gasteiger partial charge >= 0.3 is 0 Å². The number of pyridine rings is 1. The zero-order valence-electron chi connectivity index (χ0n) is 16.9. The van der Waals surface area contributed by atoms with Crippen molar-refractivity contribution in [1.29, 1.82) is 0 Å². The van der Waals surface area contributed by atoms with Crippen LogP contribution in [0.15, 0.2) is 47.6 Å². The highest BCUT2D eigenvalue weighted by Crippen LogP contribution is 2.27. The number of aromatic hydroxyl groups is 1. The van der Waals surface area contributed by atoms with Gasteiger partial charge in [0.25, 0.3) is 0 Å². The van der Waals surface area contributed by atoms with Crippen molar-refractivity contribution >= 4 is 18.1 Å². The van der Waals surface area contributed by atoms with Crippen LogP contribution in [0.1, 0.15) is 55.7 Å². The number of hydrogen-bond acceptors (Lipinski definition) is 5. The maximum Gasteiger partial charge on any atom is 0.157 e. The molecule has 1 aromatic carbocycles. The SMILES string of the molecule is CCC(N=C/C=C(\C)c1ncccc1COc1cccc(O)c1C=O)C(C)C. The molecule has 0 aliphatic rings. The third kappa shape index (κ3) is 5.52. The van der Waals surface area contributed by atoms with E-state index in [2.05, 4.69) is 30.7 Å². The molecule has 1 aromatic heterocycles. The zero-order valence-corrected chi connectivity index (χ0v) is 16.9. The summed E-state index contributed by atoms with van der Waals surface area (Å²) in [7, 11) is 0. The summed E-state index contributed by atoms with van der Waals surface area (Å²) in [5.74, 6) is 0.751. The first-order chi connectivity index (χ1) is 13.5. The number of phenolic OH excluding ortho intramolecular Hbond substituents is 1. The van der Waals surface area contributed by atoms with Crippen LogP contribution >= 0.6 is 0 Å². The van der Waals surface area contributed by atoms with Crippen molar-refractivity contribution in [3.8, 4) is 11.5 Å². The number of aldehydes is 1. The average Bonchev–Trinajstić information content (AvgIpc) is 2.69. The largest absolute Gasteiger partial charge is 0.507 e. The highest BCUT2D eigenvalue weighted by atomic mass is 16.5. The van der Waals surface area contributed by atoms with Crippen LogP contribution in [0.25, 0.3) is 5.57 Å². The van der Waals surface area contributed by atoms with Gasteiger partial charge in [-0.1, -0.05) is 32.9 Å². The monoisotopic (exact) mass is 380 g/mol. The Hall–Kier alpha value is -2.95. The molecule has 0 fully saturated rings. The number of allylic oxidation sites excluding steroid dienone is 2. The highest BCUT2D eigenvalue weighted by Gasteiger charge is 2.11. The molecule has 1 heterocycles. The van der Waals surface area contributed by atoms with Gasteiger partial charge in [-0.2, -0.15) is 0 Å². The van der Waals surface area contributed by atoms with E-state index >= 15 is 0 Å². The first-order valence-corrected chi connectivity index (χ1v) is 9.52. The normalized spacial score (nSPS) is 13.1. The quantitative estimate of drug-likeness (QED) is 0.486. The number of carbonyl (C=O) groups excluding carboxylic acids is 1. The van der Waals surface area contributed by atoms with E-state index in [0.29, 0.717) is 24.0 Å². The molecular formula is C23H28N2O3. The van der Waals surface area contributed by atoms with Gasteiger partial charge in [0, 0.05) is 18.0 Å². The van der Waals surface area contributed by atoms with Gasteiger partial charge in [-0.25, -0.2) is 0 Å². The van der Waals surface area contributed by atoms with Crippen LogP contribution in [-0.2, 0) is 6.61 Å². The van der Waals surface area contributed by atoms with Crippen LogP contribution in [0.5, 0.6) is 11.5 Å². The second kappa shape index (κ2) is 10.4. The fraction of sp³-hybridized carbons (Fsp3) is 0.348. The minimum Gasteiger partial charge on any atom is -0.507 e. The van der Waals surface area contributed by atoms with Crippen LogP contribution in [0.4, 0.5) is 0 Å². The Kier molecular flexibility index (Phi) is 7.93. The fourth-order valence-corrected chi connectivity index (χ4v) is 2.94. The number of nitrogens with zero attached hydrogens (tertiary/aromatic N) is 2. The van der Waals surface area contributed by atoms with Gasteiger partial charge in [-0.15, -0.1) is 0 Å². The number of ether oxygens (including phenoxy) is 1. The van der Waals surface area contributed by atoms with Crippen molar-refractivity contribution in [2.75, 3.05) is 0 Å². The van der Waals surface area contributed by atoms with Gasteiger partial charge in [-0.05, 0) is 49.1 Å². The molecule has 5 nitrogen and oxygen atoms in total. The first-order valence-electron chi connectivity index (χ1n) is 9.52. The lowest BCUT2D eigenvalue weighted by atomic mass is 10.0. The van der Waals surface area contributed by atoms with E-state index in [1.807, 2.05) is 31.3 Å². The molecule has 1 N–H and O–H groups in total. The van der Waals surface area contributed by atoms with Crippen LogP contribution in [-0.4, -0.2) is 28.6 Å². The molecule has 28 heavy (non-hydrogen) atoms. The number of hydrogen-bond donors (Lipinski definition) is 1. The van der Waals surface area contributed by atoms with E-state index in [9.17, 15) is 9.90 Å². The number of carbonyl (C=O) groups is 1. The maximum atomic E-state index is 11.2. The third-order valence-electron chi connectivity index (χ3n) is 4.60. The average molecular weight is 380 g/mol. The lowest BCUT2D eigenvalue weighted by Gasteiger charge is -2.13. The van der Waals surface area contributed by atoms with E-state index < -0.39 is 0 Å². The summed E-state index contributed by atoms with van der Waals surface area (Å²) < 4.78 is 5.79. The van der Waals surface area contributed by atoms with E-state index in [-0.39, 0.29) is 17.9 Å². The molecule has 1 unspecified atom stereocenters. The van der Waals surface area contributed by atoms with Gasteiger partial charge in [-0.3, -0.25) is 14.8 Å². The van der Waals surface area contributed by atoms with Crippen LogP contribution in [0.2, 0.25) is 0 Å². The summed E-state index contributed by atoms with van der Waals surface area (Å²) in [6.07, 6.45) is 7.15. The Morgan fingerprint density at radius 3 is 2.75 bits per heavy atom. The predicted molar refractivity (Wildman–Crippen MR) is 113 cm³/mol. The van der Waals surface area contributed by atoms with Crippen molar-refractivity contribution in [1.82, 2.24) is 4.98 Å². The number of rotatable bonds is 9. The number of benzene rings is 1. The second-order valence-corrected chi connectivity index (χ2v) is 6.97. The molecule has 1 atom stereocenters. The summed E-state index contributed by atoms with van der Waals surface area (Å²) in [6.45, 7) is 8.71. The lowest BCUT2D eigenvalue weighted by molar-refractivity contribution is 0.111. The number of aromatic nitrogens is 1. The van der Waals surface area contributed by atoms with Gasteiger partial charge in [0.05, 0.1) is 17.3 Å². The molecule has 2 rings (SSSR count). The third-order valence-corrected chi connectivity index (χ3v) is 4.60. The summed E-state index contributed by atoms with van der Waals surface area (Å²) in [4.78, 5) is 20.3. The van der Waals surface area contributed by atoms with E-state index in [1.165, 1.54) is 6.07 Å². The number of aliphatic imine (C=N–C) groups is 1. The molecule has 0 amide bonds. The standard InChI is InChI=1S/C23H28N2O3/c1-5-20(16(2)3)24-13-11-17(4)23-18(8-7-12-25-23)15-28-22-10-6-9-21(27)19(22)14-26/h6-14,16,20,27H,5,15H2,1-4H3/b17-11+,24-13?. The van der Waals surface area contributed by atoms with Gasteiger partial charge in [0.2, 0.25) is 0 Å². The molecule has 148 valence electrons. The van der Waals surface area contributed by atoms with Crippen LogP contribution in [0.3, 0.4) is 0 Å². The summed E-state index contributed by atoms with van der Waals surface area (Å²) in [6, 6.07) is 8.84. The molecule has 0 aliphatic heterocycles. The van der Waals surface area contributed by atoms with E-state index in [0.717, 1.165) is 23.3 Å². The Morgan fingerprint density at radius 1 is 1.29 bits per heavy atom. The maximum absolute atomic E-state index is 11.2. The van der Waals surface area contributed by atoms with Gasteiger partial charge in [0.15, 0.2) is 6.29 Å². The molecule has 2 aromatic rings. The number of phenols is 1. The smallest absolute Gasteiger partial charge is 0.157 e. The molecule has 0 radical (unpaired) electrons. The van der Waals surface area contributed by atoms with Gasteiger partial charge in [0.1, 0.15) is 18.1 Å². The van der Waals surface area contributed by atoms with Crippen molar-refractivity contribution < 1.29 is 14.6 Å². The molecular weight excluding hydrogens is 352 g/mol. The summed E-state index contributed by atoms with van der Waals surface area (Å²) >= 11 is 0. The van der Waals surface area contributed by atoms with E-state index in [1.54, 1.807) is 18.3 Å². The predicted octanol–water partition coefficient (Wildman–Crippen LogP) is 5.09. The molecule has 5 heteroatoms. The van der Waals surface area contributed by atoms with Crippen molar-refractivity contribution in [2.45, 2.75) is 46.8 Å². The Labute approximate surface area is 166 Å². The van der Waals surface area contributed by atoms with Crippen molar-refractivity contribution in [3.63, 3.8) is 0 Å². The molecule has 0 aliphatic carbocycles. The Bertz CT molecular complexity index is 857. The first kappa shape index (κ1) is 21.4. The minimum atomic E-state index is -0.0955. The van der Waals surface area contributed by atoms with Crippen LogP contribution < -0.4 is 4.74 Å². The lowest BCUT2D eigenvalue weighted by Crippen LogP contribution is -2.11. The Balaban J connectivity index is 2.19. The Morgan fingerprint density at radius 2 is 2.07 bits per heavy atom. The topological polar surface area (TPSA) is 71.8 Å². The second-order valence-electron chi connectivity index (χ2n) is 6.97. The molecule has 0 saturated heterocycles. The molecule has 0 bridgehead atoms. The molecule has 0 saturated carbocycles. The van der Waals surface area contributed by atoms with Gasteiger partial charge < -0.3 is 9.84 Å². The van der Waals surface area contributed by atoms with Crippen molar-refractivity contribution in [2.24, 2.45) is 10.9 Å². The summed E-state index contributed by atoms with van der Waals surface area (Å²) in [5.41, 5.74) is 2.83. The minimum absolute atomic E-state index is 0.0955. The van der Waals surface area contributed by atoms with Crippen molar-refractivity contribution in [3.05, 3.63) is 59.4 Å². The highest BCUT2D eigenvalue weighted by molar-refractivity contribution is 5.84. The summed E-state index contributed by atoms with van der Waals surface area (Å²) in [5, 5.41) is 9.79. The molecule has 0 spiro atoms. The van der Waals surface area contributed by atoms with E-state index in [4.69, 9.17) is 4.74 Å². The fourth-order valence-electron chi connectivity index (χ4n) is 2.94. The van der Waals surface area contributed by atoms with Crippen LogP contribution in [0, 0.1) is 5.92 Å². The zero-order chi connectivity index (χ0) is 20.5.